The lowest BCUT2D eigenvalue weighted by atomic mass is 10.2. The molecular formula is C20H20N4O2S. The van der Waals surface area contributed by atoms with Gasteiger partial charge in [-0.05, 0) is 50.2 Å². The maximum Gasteiger partial charge on any atom is 0.197 e. The molecule has 0 aliphatic heterocycles. The predicted molar refractivity (Wildman–Crippen MR) is 106 cm³/mol. The van der Waals surface area contributed by atoms with Crippen LogP contribution in [0.4, 0.5) is 0 Å². The maximum absolute atomic E-state index is 12.9. The zero-order valence-electron chi connectivity index (χ0n) is 15.2. The van der Waals surface area contributed by atoms with Gasteiger partial charge in [0.25, 0.3) is 0 Å². The summed E-state index contributed by atoms with van der Waals surface area (Å²) in [5.74, 6) is 1.07. The number of H-pyrrole nitrogens is 1. The van der Waals surface area contributed by atoms with E-state index in [1.54, 1.807) is 6.20 Å². The van der Waals surface area contributed by atoms with Crippen LogP contribution in [0, 0.1) is 6.92 Å². The molecule has 27 heavy (non-hydrogen) atoms. The molecule has 3 aromatic heterocycles. The van der Waals surface area contributed by atoms with Crippen molar-refractivity contribution in [2.24, 2.45) is 0 Å². The zero-order chi connectivity index (χ0) is 18.8. The van der Waals surface area contributed by atoms with Crippen molar-refractivity contribution in [3.8, 4) is 11.4 Å². The van der Waals surface area contributed by atoms with Gasteiger partial charge in [-0.25, -0.2) is 4.98 Å². The standard InChI is InChI=1S/C20H20N4O2S/c1-3-26-19-8-9-21-18(14(19)2)13-27(25)20-22-16-7-6-15(12-17(16)23-20)24-10-4-5-11-24/h4-12H,3,13H2,1-2H3,(H,22,23). The van der Waals surface area contributed by atoms with E-state index in [-0.39, 0.29) is 5.75 Å². The van der Waals surface area contributed by atoms with E-state index < -0.39 is 10.8 Å². The molecule has 0 saturated carbocycles. The average Bonchev–Trinajstić information content (AvgIpc) is 3.34. The number of pyridine rings is 1. The lowest BCUT2D eigenvalue weighted by Gasteiger charge is -2.09. The first kappa shape index (κ1) is 17.5. The minimum absolute atomic E-state index is 0.289. The summed E-state index contributed by atoms with van der Waals surface area (Å²) >= 11 is 0. The van der Waals surface area contributed by atoms with Crippen LogP contribution in [0.2, 0.25) is 0 Å². The van der Waals surface area contributed by atoms with E-state index in [4.69, 9.17) is 4.74 Å². The van der Waals surface area contributed by atoms with E-state index in [2.05, 4.69) is 15.0 Å². The van der Waals surface area contributed by atoms with Crippen LogP contribution in [0.3, 0.4) is 0 Å². The van der Waals surface area contributed by atoms with Gasteiger partial charge in [0.2, 0.25) is 0 Å². The SMILES string of the molecule is CCOc1ccnc(CS(=O)c2nc3ccc(-n4cccc4)cc3[nH]2)c1C. The van der Waals surface area contributed by atoms with Crippen molar-refractivity contribution in [3.05, 3.63) is 66.2 Å². The molecule has 0 radical (unpaired) electrons. The van der Waals surface area contributed by atoms with Crippen molar-refractivity contribution < 1.29 is 8.95 Å². The Kier molecular flexibility index (Phi) is 4.77. The van der Waals surface area contributed by atoms with Gasteiger partial charge in [-0.3, -0.25) is 9.19 Å². The minimum atomic E-state index is -1.32. The summed E-state index contributed by atoms with van der Waals surface area (Å²) in [4.78, 5) is 12.1. The van der Waals surface area contributed by atoms with Gasteiger partial charge in [-0.1, -0.05) is 0 Å². The lowest BCUT2D eigenvalue weighted by molar-refractivity contribution is 0.337. The second-order valence-electron chi connectivity index (χ2n) is 6.14. The van der Waals surface area contributed by atoms with Gasteiger partial charge < -0.3 is 14.3 Å². The number of fused-ring (bicyclic) bond motifs is 1. The van der Waals surface area contributed by atoms with Crippen molar-refractivity contribution in [1.29, 1.82) is 0 Å². The molecule has 6 nitrogen and oxygen atoms in total. The lowest BCUT2D eigenvalue weighted by Crippen LogP contribution is -2.04. The third kappa shape index (κ3) is 3.50. The highest BCUT2D eigenvalue weighted by atomic mass is 32.2. The van der Waals surface area contributed by atoms with Crippen LogP contribution in [0.15, 0.2) is 60.1 Å². The van der Waals surface area contributed by atoms with Crippen LogP contribution < -0.4 is 4.74 Å². The van der Waals surface area contributed by atoms with Gasteiger partial charge in [0.15, 0.2) is 5.16 Å². The average molecular weight is 380 g/mol. The quantitative estimate of drug-likeness (QED) is 0.553. The summed E-state index contributed by atoms with van der Waals surface area (Å²) in [7, 11) is -1.32. The fraction of sp³-hybridized carbons (Fsp3) is 0.200. The molecule has 1 atom stereocenters. The predicted octanol–water partition coefficient (Wildman–Crippen LogP) is 3.76. The van der Waals surface area contributed by atoms with Crippen LogP contribution in [0.5, 0.6) is 5.75 Å². The Morgan fingerprint density at radius 2 is 2.04 bits per heavy atom. The van der Waals surface area contributed by atoms with E-state index in [9.17, 15) is 4.21 Å². The normalized spacial score (nSPS) is 12.4. The topological polar surface area (TPSA) is 72.8 Å². The summed E-state index contributed by atoms with van der Waals surface area (Å²) in [5.41, 5.74) is 4.35. The molecule has 0 spiro atoms. The number of nitrogens with one attached hydrogen (secondary N) is 1. The molecular weight excluding hydrogens is 360 g/mol. The second-order valence-corrected chi connectivity index (χ2v) is 7.50. The largest absolute Gasteiger partial charge is 0.493 e. The molecule has 1 N–H and O–H groups in total. The first-order valence-corrected chi connectivity index (χ1v) is 10.1. The number of hydrogen-bond donors (Lipinski definition) is 1. The molecule has 0 fully saturated rings. The minimum Gasteiger partial charge on any atom is -0.493 e. The summed E-state index contributed by atoms with van der Waals surface area (Å²) in [6.45, 7) is 4.46. The smallest absolute Gasteiger partial charge is 0.197 e. The molecule has 0 aliphatic rings. The molecule has 138 valence electrons. The van der Waals surface area contributed by atoms with E-state index in [1.165, 1.54) is 0 Å². The van der Waals surface area contributed by atoms with Crippen molar-refractivity contribution >= 4 is 21.8 Å². The van der Waals surface area contributed by atoms with E-state index >= 15 is 0 Å². The number of hydrogen-bond acceptors (Lipinski definition) is 4. The zero-order valence-corrected chi connectivity index (χ0v) is 16.0. The van der Waals surface area contributed by atoms with Crippen LogP contribution in [-0.2, 0) is 16.6 Å². The Hall–Kier alpha value is -2.93. The first-order valence-electron chi connectivity index (χ1n) is 8.74. The number of rotatable bonds is 6. The molecule has 1 aromatic carbocycles. The Balaban J connectivity index is 1.61. The summed E-state index contributed by atoms with van der Waals surface area (Å²) in [6, 6.07) is 11.7. The molecule has 4 aromatic rings. The monoisotopic (exact) mass is 380 g/mol. The van der Waals surface area contributed by atoms with Crippen molar-refractivity contribution in [1.82, 2.24) is 19.5 Å². The highest BCUT2D eigenvalue weighted by Gasteiger charge is 2.15. The summed E-state index contributed by atoms with van der Waals surface area (Å²) < 4.78 is 20.5. The molecule has 1 unspecified atom stereocenters. The Labute approximate surface area is 159 Å². The van der Waals surface area contributed by atoms with E-state index in [0.717, 1.165) is 33.7 Å². The number of imidazole rings is 1. The number of nitrogens with zero attached hydrogens (tertiary/aromatic N) is 3. The highest BCUT2D eigenvalue weighted by Crippen LogP contribution is 2.23. The molecule has 0 aliphatic carbocycles. The van der Waals surface area contributed by atoms with Crippen LogP contribution in [-0.4, -0.2) is 30.3 Å². The van der Waals surface area contributed by atoms with Crippen molar-refractivity contribution in [2.45, 2.75) is 24.8 Å². The first-order chi connectivity index (χ1) is 13.2. The van der Waals surface area contributed by atoms with Gasteiger partial charge in [0, 0.05) is 29.8 Å². The Morgan fingerprint density at radius 1 is 1.22 bits per heavy atom. The van der Waals surface area contributed by atoms with Gasteiger partial charge in [0.05, 0.1) is 39.9 Å². The van der Waals surface area contributed by atoms with Crippen LogP contribution >= 0.6 is 0 Å². The van der Waals surface area contributed by atoms with Crippen LogP contribution in [0.1, 0.15) is 18.2 Å². The number of benzene rings is 1. The molecule has 3 heterocycles. The summed E-state index contributed by atoms with van der Waals surface area (Å²) in [6.07, 6.45) is 5.65. The Bertz CT molecular complexity index is 1100. The number of aromatic amines is 1. The van der Waals surface area contributed by atoms with Gasteiger partial charge in [-0.15, -0.1) is 0 Å². The fourth-order valence-corrected chi connectivity index (χ4v) is 4.06. The van der Waals surface area contributed by atoms with Gasteiger partial charge in [0.1, 0.15) is 5.75 Å². The molecule has 7 heteroatoms. The summed E-state index contributed by atoms with van der Waals surface area (Å²) in [5, 5.41) is 0.456. The van der Waals surface area contributed by atoms with E-state index in [1.807, 2.05) is 67.2 Å². The third-order valence-electron chi connectivity index (χ3n) is 4.39. The van der Waals surface area contributed by atoms with Gasteiger partial charge in [-0.2, -0.15) is 0 Å². The number of ether oxygens (including phenoxy) is 1. The third-order valence-corrected chi connectivity index (χ3v) is 5.55. The van der Waals surface area contributed by atoms with Gasteiger partial charge >= 0.3 is 0 Å². The maximum atomic E-state index is 12.9. The number of aromatic nitrogens is 4. The van der Waals surface area contributed by atoms with Crippen LogP contribution in [0.25, 0.3) is 16.7 Å². The van der Waals surface area contributed by atoms with Crippen molar-refractivity contribution in [2.75, 3.05) is 6.61 Å². The Morgan fingerprint density at radius 3 is 2.81 bits per heavy atom. The van der Waals surface area contributed by atoms with E-state index in [0.29, 0.717) is 11.8 Å². The van der Waals surface area contributed by atoms with Crippen molar-refractivity contribution in [3.63, 3.8) is 0 Å². The molecule has 0 saturated heterocycles. The molecule has 0 bridgehead atoms. The molecule has 4 rings (SSSR count). The second kappa shape index (κ2) is 7.36. The highest BCUT2D eigenvalue weighted by molar-refractivity contribution is 7.84. The fourth-order valence-electron chi connectivity index (χ4n) is 2.96. The molecule has 0 amide bonds.